The first kappa shape index (κ1) is 20.6. The lowest BCUT2D eigenvalue weighted by Gasteiger charge is -2.03. The number of amides is 1. The zero-order valence-electron chi connectivity index (χ0n) is 16.0. The minimum absolute atomic E-state index is 0.0403. The molecule has 0 saturated heterocycles. The molecule has 1 N–H and O–H groups in total. The number of hydrogen-bond acceptors (Lipinski definition) is 7. The second-order valence-electron chi connectivity index (χ2n) is 6.34. The van der Waals surface area contributed by atoms with Gasteiger partial charge in [-0.2, -0.15) is 0 Å². The molecule has 3 aromatic heterocycles. The highest BCUT2D eigenvalue weighted by atomic mass is 32.2. The van der Waals surface area contributed by atoms with Crippen LogP contribution in [-0.4, -0.2) is 26.8 Å². The van der Waals surface area contributed by atoms with Gasteiger partial charge in [0.1, 0.15) is 21.5 Å². The molecule has 0 unspecified atom stereocenters. The van der Waals surface area contributed by atoms with Gasteiger partial charge >= 0.3 is 0 Å². The summed E-state index contributed by atoms with van der Waals surface area (Å²) < 4.78 is 13.1. The van der Waals surface area contributed by atoms with Crippen LogP contribution in [0.4, 0.5) is 4.39 Å². The number of aromatic nitrogens is 3. The van der Waals surface area contributed by atoms with Gasteiger partial charge in [-0.3, -0.25) is 4.79 Å². The van der Waals surface area contributed by atoms with E-state index < -0.39 is 0 Å². The molecule has 4 rings (SSSR count). The quantitative estimate of drug-likeness (QED) is 0.388. The maximum absolute atomic E-state index is 13.1. The van der Waals surface area contributed by atoms with Gasteiger partial charge in [0.25, 0.3) is 0 Å². The third kappa shape index (κ3) is 5.10. The number of thiophene rings is 1. The zero-order valence-corrected chi connectivity index (χ0v) is 18.4. The molecule has 3 heterocycles. The molecule has 0 bridgehead atoms. The topological polar surface area (TPSA) is 67.8 Å². The third-order valence-electron chi connectivity index (χ3n) is 4.15. The van der Waals surface area contributed by atoms with Gasteiger partial charge < -0.3 is 5.32 Å². The van der Waals surface area contributed by atoms with E-state index in [0.29, 0.717) is 11.6 Å². The van der Waals surface area contributed by atoms with Crippen molar-refractivity contribution in [1.82, 2.24) is 20.5 Å². The minimum Gasteiger partial charge on any atom is -0.350 e. The molecule has 1 aromatic carbocycles. The van der Waals surface area contributed by atoms with Crippen LogP contribution >= 0.6 is 34.4 Å². The van der Waals surface area contributed by atoms with Crippen LogP contribution in [0.5, 0.6) is 0 Å². The van der Waals surface area contributed by atoms with Crippen LogP contribution in [0.25, 0.3) is 21.1 Å². The predicted octanol–water partition coefficient (Wildman–Crippen LogP) is 5.18. The van der Waals surface area contributed by atoms with E-state index >= 15 is 0 Å². The second-order valence-corrected chi connectivity index (χ2v) is 9.37. The summed E-state index contributed by atoms with van der Waals surface area (Å²) in [7, 11) is 0. The van der Waals surface area contributed by atoms with Gasteiger partial charge in [-0.05, 0) is 54.8 Å². The number of rotatable bonds is 7. The summed E-state index contributed by atoms with van der Waals surface area (Å²) >= 11 is 4.46. The zero-order chi connectivity index (χ0) is 20.9. The van der Waals surface area contributed by atoms with Crippen molar-refractivity contribution >= 4 is 40.3 Å². The Hall–Kier alpha value is -2.62. The van der Waals surface area contributed by atoms with Crippen molar-refractivity contribution in [3.8, 4) is 21.1 Å². The van der Waals surface area contributed by atoms with E-state index in [9.17, 15) is 9.18 Å². The number of halogens is 1. The van der Waals surface area contributed by atoms with E-state index in [0.717, 1.165) is 31.7 Å². The molecule has 30 heavy (non-hydrogen) atoms. The Morgan fingerprint density at radius 2 is 1.97 bits per heavy atom. The third-order valence-corrected chi connectivity index (χ3v) is 7.18. The molecule has 0 aliphatic rings. The van der Waals surface area contributed by atoms with Gasteiger partial charge in [0, 0.05) is 10.4 Å². The summed E-state index contributed by atoms with van der Waals surface area (Å²) in [4.78, 5) is 18.6. The Morgan fingerprint density at radius 3 is 2.67 bits per heavy atom. The lowest BCUT2D eigenvalue weighted by molar-refractivity contribution is -0.118. The highest BCUT2D eigenvalue weighted by molar-refractivity contribution is 7.99. The van der Waals surface area contributed by atoms with E-state index in [1.165, 1.54) is 35.2 Å². The van der Waals surface area contributed by atoms with E-state index in [1.807, 2.05) is 36.6 Å². The van der Waals surface area contributed by atoms with Crippen LogP contribution < -0.4 is 5.32 Å². The summed E-state index contributed by atoms with van der Waals surface area (Å²) in [6, 6.07) is 14.0. The molecule has 0 fully saturated rings. The fourth-order valence-electron chi connectivity index (χ4n) is 2.66. The highest BCUT2D eigenvalue weighted by Gasteiger charge is 2.13. The number of carbonyl (C=O) groups is 1. The van der Waals surface area contributed by atoms with Crippen LogP contribution in [0.3, 0.4) is 0 Å². The van der Waals surface area contributed by atoms with Crippen molar-refractivity contribution in [3.05, 3.63) is 70.3 Å². The number of aryl methyl sites for hydroxylation is 1. The molecule has 152 valence electrons. The van der Waals surface area contributed by atoms with Crippen molar-refractivity contribution in [1.29, 1.82) is 0 Å². The number of thiazole rings is 1. The summed E-state index contributed by atoms with van der Waals surface area (Å²) in [6.07, 6.45) is 0. The number of carbonyl (C=O) groups excluding carboxylic acids is 1. The average Bonchev–Trinajstić information content (AvgIpc) is 3.41. The number of hydrogen-bond donors (Lipinski definition) is 1. The molecule has 0 aliphatic heterocycles. The van der Waals surface area contributed by atoms with E-state index in [-0.39, 0.29) is 17.5 Å². The molecule has 0 atom stereocenters. The average molecular weight is 457 g/mol. The summed E-state index contributed by atoms with van der Waals surface area (Å²) in [5, 5.41) is 14.9. The smallest absolute Gasteiger partial charge is 0.230 e. The van der Waals surface area contributed by atoms with Gasteiger partial charge in [-0.1, -0.05) is 17.8 Å². The number of thioether (sulfide) groups is 1. The predicted molar refractivity (Wildman–Crippen MR) is 120 cm³/mol. The molecule has 4 aromatic rings. The van der Waals surface area contributed by atoms with Gasteiger partial charge in [-0.25, -0.2) is 9.37 Å². The second kappa shape index (κ2) is 9.46. The molecule has 9 heteroatoms. The Kier molecular flexibility index (Phi) is 6.51. The lowest BCUT2D eigenvalue weighted by atomic mass is 10.2. The van der Waals surface area contributed by atoms with Crippen molar-refractivity contribution in [2.24, 2.45) is 0 Å². The van der Waals surface area contributed by atoms with Crippen molar-refractivity contribution in [2.45, 2.75) is 18.5 Å². The maximum Gasteiger partial charge on any atom is 0.230 e. The first-order chi connectivity index (χ1) is 14.6. The first-order valence-corrected chi connectivity index (χ1v) is 11.8. The van der Waals surface area contributed by atoms with Gasteiger partial charge in [-0.15, -0.1) is 32.9 Å². The van der Waals surface area contributed by atoms with Crippen LogP contribution in [-0.2, 0) is 11.3 Å². The molecule has 5 nitrogen and oxygen atoms in total. The van der Waals surface area contributed by atoms with E-state index in [2.05, 4.69) is 20.5 Å². The summed E-state index contributed by atoms with van der Waals surface area (Å²) in [5.41, 5.74) is 2.44. The van der Waals surface area contributed by atoms with Gasteiger partial charge in [0.2, 0.25) is 5.91 Å². The normalized spacial score (nSPS) is 10.9. The summed E-state index contributed by atoms with van der Waals surface area (Å²) in [5.74, 6) is -0.0267. The standard InChI is InChI=1S/C21H17FN4OS3/c1-13-20(30-21(24-13)14-4-6-15(22)7-5-14)17-8-9-19(26-25-17)29-12-18(27)23-11-16-3-2-10-28-16/h2-10H,11-12H2,1H3,(H,23,27). The highest BCUT2D eigenvalue weighted by Crippen LogP contribution is 2.34. The van der Waals surface area contributed by atoms with Crippen molar-refractivity contribution in [2.75, 3.05) is 5.75 Å². The summed E-state index contributed by atoms with van der Waals surface area (Å²) in [6.45, 7) is 2.46. The van der Waals surface area contributed by atoms with Crippen molar-refractivity contribution in [3.63, 3.8) is 0 Å². The molecular formula is C21H17FN4OS3. The minimum atomic E-state index is -0.272. The van der Waals surface area contributed by atoms with E-state index in [1.54, 1.807) is 23.5 Å². The van der Waals surface area contributed by atoms with Gasteiger partial charge in [0.05, 0.1) is 22.9 Å². The number of benzene rings is 1. The van der Waals surface area contributed by atoms with Crippen LogP contribution in [0.1, 0.15) is 10.6 Å². The lowest BCUT2D eigenvalue weighted by Crippen LogP contribution is -2.24. The number of nitrogens with one attached hydrogen (secondary N) is 1. The Balaban J connectivity index is 1.37. The Bertz CT molecular complexity index is 1130. The van der Waals surface area contributed by atoms with Gasteiger partial charge in [0.15, 0.2) is 0 Å². The fraction of sp³-hybridized carbons (Fsp3) is 0.143. The first-order valence-electron chi connectivity index (χ1n) is 9.08. The fourth-order valence-corrected chi connectivity index (χ4v) is 4.98. The SMILES string of the molecule is Cc1nc(-c2ccc(F)cc2)sc1-c1ccc(SCC(=O)NCc2cccs2)nn1. The molecule has 0 aliphatic carbocycles. The largest absolute Gasteiger partial charge is 0.350 e. The molecule has 0 spiro atoms. The van der Waals surface area contributed by atoms with Crippen LogP contribution in [0.15, 0.2) is 58.9 Å². The van der Waals surface area contributed by atoms with E-state index in [4.69, 9.17) is 0 Å². The van der Waals surface area contributed by atoms with Crippen LogP contribution in [0, 0.1) is 12.7 Å². The maximum atomic E-state index is 13.1. The Labute approximate surface area is 185 Å². The van der Waals surface area contributed by atoms with Crippen LogP contribution in [0.2, 0.25) is 0 Å². The monoisotopic (exact) mass is 456 g/mol. The Morgan fingerprint density at radius 1 is 1.13 bits per heavy atom. The van der Waals surface area contributed by atoms with Crippen molar-refractivity contribution < 1.29 is 9.18 Å². The molecule has 1 amide bonds. The molecule has 0 saturated carbocycles. The molecular weight excluding hydrogens is 439 g/mol. The molecule has 0 radical (unpaired) electrons. The number of nitrogens with zero attached hydrogens (tertiary/aromatic N) is 3.